The molecule has 7 heteroatoms. The van der Waals surface area contributed by atoms with Crippen LogP contribution in [0.25, 0.3) is 33.9 Å². The first kappa shape index (κ1) is 27.0. The van der Waals surface area contributed by atoms with E-state index in [9.17, 15) is 0 Å². The van der Waals surface area contributed by atoms with Gasteiger partial charge in [-0.25, -0.2) is 0 Å². The molecule has 0 aliphatic heterocycles. The van der Waals surface area contributed by atoms with Crippen molar-refractivity contribution in [3.63, 3.8) is 0 Å². The molecule has 6 nitrogen and oxygen atoms in total. The Bertz CT molecular complexity index is 1280. The zero-order valence-corrected chi connectivity index (χ0v) is 22.9. The summed E-state index contributed by atoms with van der Waals surface area (Å²) in [7, 11) is 1.58. The maximum atomic E-state index is 4.99. The Labute approximate surface area is 226 Å². The molecule has 5 aromatic rings. The van der Waals surface area contributed by atoms with Crippen molar-refractivity contribution < 1.29 is 25.8 Å². The number of pyridine rings is 1. The smallest absolute Gasteiger partial charge is 0.573 e. The second kappa shape index (κ2) is 12.4. The molecule has 0 saturated carbocycles. The number of hydrogen-bond donors (Lipinski definition) is 0. The first-order valence-electron chi connectivity index (χ1n) is 11.3. The van der Waals surface area contributed by atoms with E-state index >= 15 is 0 Å². The van der Waals surface area contributed by atoms with Gasteiger partial charge in [0.25, 0.3) is 0 Å². The molecule has 2 aromatic carbocycles. The van der Waals surface area contributed by atoms with Crippen LogP contribution in [0.4, 0.5) is 0 Å². The van der Waals surface area contributed by atoms with Gasteiger partial charge in [0.05, 0.1) is 7.11 Å². The Hall–Kier alpha value is -3.63. The van der Waals surface area contributed by atoms with Gasteiger partial charge in [0.1, 0.15) is 0 Å². The van der Waals surface area contributed by atoms with Crippen LogP contribution in [-0.2, 0) is 26.5 Å². The Morgan fingerprint density at radius 3 is 2.17 bits per heavy atom. The fourth-order valence-corrected chi connectivity index (χ4v) is 3.31. The normalized spacial score (nSPS) is 10.6. The number of rotatable bonds is 4. The van der Waals surface area contributed by atoms with E-state index in [0.29, 0.717) is 5.88 Å². The monoisotopic (exact) mass is 656 g/mol. The largest absolute Gasteiger partial charge is 2.00 e. The molecule has 36 heavy (non-hydrogen) atoms. The Kier molecular flexibility index (Phi) is 9.26. The Morgan fingerprint density at radius 1 is 0.806 bits per heavy atom. The summed E-state index contributed by atoms with van der Waals surface area (Å²) in [6, 6.07) is 30.8. The van der Waals surface area contributed by atoms with Gasteiger partial charge in [0, 0.05) is 23.3 Å². The Morgan fingerprint density at radius 2 is 1.58 bits per heavy atom. The van der Waals surface area contributed by atoms with Crippen LogP contribution in [0.3, 0.4) is 0 Å². The third-order valence-corrected chi connectivity index (χ3v) is 5.34. The first-order valence-corrected chi connectivity index (χ1v) is 11.3. The maximum absolute atomic E-state index is 4.99. The van der Waals surface area contributed by atoms with Crippen LogP contribution in [0, 0.1) is 6.07 Å². The zero-order chi connectivity index (χ0) is 24.7. The minimum atomic E-state index is 0. The zero-order valence-electron chi connectivity index (χ0n) is 20.6. The van der Waals surface area contributed by atoms with E-state index < -0.39 is 0 Å². The summed E-state index contributed by atoms with van der Waals surface area (Å²) in [5.41, 5.74) is 6.75. The topological polar surface area (TPSA) is 74.9 Å². The fraction of sp³-hybridized carbons (Fsp3) is 0.172. The predicted octanol–water partition coefficient (Wildman–Crippen LogP) is 6.02. The van der Waals surface area contributed by atoms with E-state index in [0.717, 1.165) is 33.9 Å². The molecule has 5 rings (SSSR count). The number of benzene rings is 2. The SMILES string of the molecule is COc1ccc(-c2[c-]cc(C(C)(C)C)cc2)nn1.[Pt+2].c1ccc(-c2cc(-c3ccccn3)[n-]n2)cc1. The first-order chi connectivity index (χ1) is 16.9. The number of hydrogen-bond acceptors (Lipinski definition) is 5. The summed E-state index contributed by atoms with van der Waals surface area (Å²) >= 11 is 0. The molecule has 184 valence electrons. The maximum Gasteiger partial charge on any atom is 2.00 e. The molecule has 0 saturated heterocycles. The molecular weight excluding hydrogens is 629 g/mol. The molecule has 3 aromatic heterocycles. The van der Waals surface area contributed by atoms with Gasteiger partial charge in [-0.1, -0.05) is 68.9 Å². The van der Waals surface area contributed by atoms with Crippen LogP contribution in [0.5, 0.6) is 5.88 Å². The minimum Gasteiger partial charge on any atom is -0.573 e. The van der Waals surface area contributed by atoms with E-state index in [1.54, 1.807) is 19.4 Å². The second-order valence-electron chi connectivity index (χ2n) is 8.90. The Balaban J connectivity index is 0.000000195. The summed E-state index contributed by atoms with van der Waals surface area (Å²) in [4.78, 5) is 4.25. The molecule has 0 aliphatic carbocycles. The van der Waals surface area contributed by atoms with Crippen molar-refractivity contribution in [3.8, 4) is 39.8 Å². The van der Waals surface area contributed by atoms with Crippen molar-refractivity contribution in [1.29, 1.82) is 0 Å². The van der Waals surface area contributed by atoms with Crippen LogP contribution in [0.1, 0.15) is 26.3 Å². The van der Waals surface area contributed by atoms with Crippen LogP contribution in [0.2, 0.25) is 0 Å². The fourth-order valence-electron chi connectivity index (χ4n) is 3.31. The number of aromatic nitrogens is 5. The number of nitrogens with zero attached hydrogens (tertiary/aromatic N) is 5. The molecule has 0 aliphatic rings. The van der Waals surface area contributed by atoms with Crippen molar-refractivity contribution in [2.24, 2.45) is 0 Å². The number of methoxy groups -OCH3 is 1. The van der Waals surface area contributed by atoms with Gasteiger partial charge in [-0.3, -0.25) is 4.98 Å². The molecule has 0 N–H and O–H groups in total. The van der Waals surface area contributed by atoms with Crippen molar-refractivity contribution in [3.05, 3.63) is 103 Å². The van der Waals surface area contributed by atoms with Crippen LogP contribution >= 0.6 is 0 Å². The molecular formula is C29H27N5OPt. The molecule has 0 amide bonds. The van der Waals surface area contributed by atoms with Crippen molar-refractivity contribution >= 4 is 0 Å². The van der Waals surface area contributed by atoms with Gasteiger partial charge < -0.3 is 14.9 Å². The second-order valence-corrected chi connectivity index (χ2v) is 8.90. The minimum absolute atomic E-state index is 0. The van der Waals surface area contributed by atoms with Crippen LogP contribution < -0.4 is 9.84 Å². The summed E-state index contributed by atoms with van der Waals surface area (Å²) in [6.45, 7) is 6.55. The third kappa shape index (κ3) is 6.95. The van der Waals surface area contributed by atoms with E-state index in [1.165, 1.54) is 5.56 Å². The van der Waals surface area contributed by atoms with Gasteiger partial charge in [-0.15, -0.1) is 40.5 Å². The van der Waals surface area contributed by atoms with Crippen molar-refractivity contribution in [2.75, 3.05) is 7.11 Å². The van der Waals surface area contributed by atoms with Gasteiger partial charge in [0.15, 0.2) is 0 Å². The van der Waals surface area contributed by atoms with Crippen molar-refractivity contribution in [1.82, 2.24) is 25.4 Å². The average molecular weight is 657 g/mol. The summed E-state index contributed by atoms with van der Waals surface area (Å²) in [6.07, 6.45) is 1.76. The van der Waals surface area contributed by atoms with Gasteiger partial charge in [-0.05, 0) is 35.2 Å². The molecule has 3 heterocycles. The number of ether oxygens (including phenoxy) is 1. The van der Waals surface area contributed by atoms with Gasteiger partial charge >= 0.3 is 21.1 Å². The summed E-state index contributed by atoms with van der Waals surface area (Å²) < 4.78 is 4.99. The third-order valence-electron chi connectivity index (χ3n) is 5.34. The van der Waals surface area contributed by atoms with Crippen LogP contribution in [0.15, 0.2) is 91.1 Å². The average Bonchev–Trinajstić information content (AvgIpc) is 3.40. The van der Waals surface area contributed by atoms with E-state index in [1.807, 2.05) is 72.8 Å². The van der Waals surface area contributed by atoms with Crippen molar-refractivity contribution in [2.45, 2.75) is 26.2 Å². The molecule has 0 spiro atoms. The van der Waals surface area contributed by atoms with Gasteiger partial charge in [0.2, 0.25) is 5.88 Å². The summed E-state index contributed by atoms with van der Waals surface area (Å²) in [5, 5.41) is 16.4. The quantitative estimate of drug-likeness (QED) is 0.221. The van der Waals surface area contributed by atoms with Crippen LogP contribution in [-0.4, -0.2) is 27.4 Å². The molecule has 0 atom stereocenters. The molecule has 0 bridgehead atoms. The molecule has 0 unspecified atom stereocenters. The van der Waals surface area contributed by atoms with E-state index in [-0.39, 0.29) is 26.5 Å². The molecule has 0 radical (unpaired) electrons. The molecule has 0 fully saturated rings. The van der Waals surface area contributed by atoms with Gasteiger partial charge in [-0.2, -0.15) is 5.10 Å². The standard InChI is InChI=1S/C15H17N2O.C14H10N3.Pt/c1-15(2,3)12-7-5-11(6-8-12)13-9-10-14(18-4)17-16-13;1-2-6-11(7-3-1)13-10-14(17-16-13)12-8-4-5-9-15-12;/h5,7-10H,1-4H3;1-10H;/q2*-1;+2. The van der Waals surface area contributed by atoms with E-state index in [4.69, 9.17) is 4.74 Å². The summed E-state index contributed by atoms with van der Waals surface area (Å²) in [5.74, 6) is 0.519. The predicted molar refractivity (Wildman–Crippen MR) is 138 cm³/mol. The van der Waals surface area contributed by atoms with E-state index in [2.05, 4.69) is 58.3 Å².